The van der Waals surface area contributed by atoms with Gasteiger partial charge in [-0.2, -0.15) is 0 Å². The van der Waals surface area contributed by atoms with Gasteiger partial charge < -0.3 is 9.88 Å². The number of nitrogens with one attached hydrogen (secondary N) is 1. The van der Waals surface area contributed by atoms with Gasteiger partial charge in [-0.05, 0) is 31.5 Å². The lowest BCUT2D eigenvalue weighted by atomic mass is 10.1. The zero-order chi connectivity index (χ0) is 16.4. The van der Waals surface area contributed by atoms with Crippen LogP contribution in [0.1, 0.15) is 25.5 Å². The maximum Gasteiger partial charge on any atom is 0.228 e. The molecule has 0 saturated heterocycles. The summed E-state index contributed by atoms with van der Waals surface area (Å²) in [5.74, 6) is -0.0928. The maximum absolute atomic E-state index is 12.4. The van der Waals surface area contributed by atoms with Gasteiger partial charge in [0.1, 0.15) is 0 Å². The average molecular weight is 328 g/mol. The van der Waals surface area contributed by atoms with E-state index in [0.717, 1.165) is 16.5 Å². The summed E-state index contributed by atoms with van der Waals surface area (Å²) in [6, 6.07) is 10.2. The fourth-order valence-corrected chi connectivity index (χ4v) is 2.86. The molecule has 0 radical (unpaired) electrons. The van der Waals surface area contributed by atoms with Crippen molar-refractivity contribution in [1.29, 1.82) is 0 Å². The number of carbonyl (C=O) groups is 1. The first-order chi connectivity index (χ1) is 11.1. The van der Waals surface area contributed by atoms with E-state index < -0.39 is 0 Å². The van der Waals surface area contributed by atoms with Crippen molar-refractivity contribution >= 4 is 34.1 Å². The van der Waals surface area contributed by atoms with E-state index >= 15 is 0 Å². The molecule has 0 aliphatic carbocycles. The zero-order valence-corrected chi connectivity index (χ0v) is 13.8. The SMILES string of the molecule is CC(C)n1cc(CC(=O)Nc2ccncc2Cl)c2ccccc21. The summed E-state index contributed by atoms with van der Waals surface area (Å²) in [6.07, 6.45) is 5.48. The number of aromatic nitrogens is 2. The number of halogens is 1. The van der Waals surface area contributed by atoms with E-state index in [9.17, 15) is 4.79 Å². The molecule has 3 aromatic rings. The Kier molecular flexibility index (Phi) is 4.35. The summed E-state index contributed by atoms with van der Waals surface area (Å²) in [7, 11) is 0. The minimum absolute atomic E-state index is 0.0928. The van der Waals surface area contributed by atoms with Gasteiger partial charge in [0.05, 0.1) is 17.1 Å². The van der Waals surface area contributed by atoms with Crippen molar-refractivity contribution < 1.29 is 4.79 Å². The summed E-state index contributed by atoms with van der Waals surface area (Å²) in [4.78, 5) is 16.3. The number of benzene rings is 1. The van der Waals surface area contributed by atoms with Crippen LogP contribution in [0.5, 0.6) is 0 Å². The summed E-state index contributed by atoms with van der Waals surface area (Å²) >= 11 is 6.03. The lowest BCUT2D eigenvalue weighted by Gasteiger charge is -2.08. The van der Waals surface area contributed by atoms with Crippen molar-refractivity contribution in [2.24, 2.45) is 0 Å². The number of rotatable bonds is 4. The lowest BCUT2D eigenvalue weighted by molar-refractivity contribution is -0.115. The molecular formula is C18H18ClN3O. The number of hydrogen-bond acceptors (Lipinski definition) is 2. The van der Waals surface area contributed by atoms with Gasteiger partial charge in [0, 0.05) is 35.5 Å². The highest BCUT2D eigenvalue weighted by molar-refractivity contribution is 6.33. The van der Waals surface area contributed by atoms with Gasteiger partial charge >= 0.3 is 0 Å². The van der Waals surface area contributed by atoms with Crippen LogP contribution in [0.3, 0.4) is 0 Å². The highest BCUT2D eigenvalue weighted by Crippen LogP contribution is 2.26. The van der Waals surface area contributed by atoms with Crippen LogP contribution in [0.2, 0.25) is 5.02 Å². The molecule has 1 N–H and O–H groups in total. The molecule has 0 bridgehead atoms. The molecule has 23 heavy (non-hydrogen) atoms. The van der Waals surface area contributed by atoms with Crippen molar-refractivity contribution in [2.75, 3.05) is 5.32 Å². The third-order valence-corrected chi connectivity index (χ3v) is 4.08. The highest BCUT2D eigenvalue weighted by Gasteiger charge is 2.14. The van der Waals surface area contributed by atoms with Crippen molar-refractivity contribution in [2.45, 2.75) is 26.3 Å². The number of nitrogens with zero attached hydrogens (tertiary/aromatic N) is 2. The van der Waals surface area contributed by atoms with E-state index in [2.05, 4.69) is 47.0 Å². The summed E-state index contributed by atoms with van der Waals surface area (Å²) in [5.41, 5.74) is 2.74. The minimum atomic E-state index is -0.0928. The Morgan fingerprint density at radius 1 is 1.30 bits per heavy atom. The highest BCUT2D eigenvalue weighted by atomic mass is 35.5. The predicted octanol–water partition coefficient (Wildman–Crippen LogP) is 4.45. The van der Waals surface area contributed by atoms with Crippen LogP contribution < -0.4 is 5.32 Å². The second kappa shape index (κ2) is 6.42. The first kappa shape index (κ1) is 15.6. The third kappa shape index (κ3) is 3.22. The van der Waals surface area contributed by atoms with Gasteiger partial charge in [-0.3, -0.25) is 9.78 Å². The molecule has 2 aromatic heterocycles. The average Bonchev–Trinajstić information content (AvgIpc) is 2.89. The Bertz CT molecular complexity index is 854. The van der Waals surface area contributed by atoms with Crippen LogP contribution in [0, 0.1) is 0 Å². The Morgan fingerprint density at radius 3 is 2.83 bits per heavy atom. The van der Waals surface area contributed by atoms with Crippen LogP contribution in [0.25, 0.3) is 10.9 Å². The quantitative estimate of drug-likeness (QED) is 0.769. The number of hydrogen-bond donors (Lipinski definition) is 1. The second-order valence-electron chi connectivity index (χ2n) is 5.75. The first-order valence-corrected chi connectivity index (χ1v) is 7.92. The number of carbonyl (C=O) groups excluding carboxylic acids is 1. The van der Waals surface area contributed by atoms with Crippen LogP contribution in [-0.2, 0) is 11.2 Å². The molecule has 1 aromatic carbocycles. The molecule has 5 heteroatoms. The summed E-state index contributed by atoms with van der Waals surface area (Å²) < 4.78 is 2.19. The van der Waals surface area contributed by atoms with Gasteiger partial charge in [-0.15, -0.1) is 0 Å². The van der Waals surface area contributed by atoms with E-state index in [0.29, 0.717) is 23.2 Å². The third-order valence-electron chi connectivity index (χ3n) is 3.78. The van der Waals surface area contributed by atoms with E-state index in [-0.39, 0.29) is 5.91 Å². The Labute approximate surface area is 140 Å². The molecule has 2 heterocycles. The van der Waals surface area contributed by atoms with Gasteiger partial charge in [0.2, 0.25) is 5.91 Å². The van der Waals surface area contributed by atoms with Crippen molar-refractivity contribution in [1.82, 2.24) is 9.55 Å². The topological polar surface area (TPSA) is 46.9 Å². The molecule has 1 amide bonds. The maximum atomic E-state index is 12.4. The van der Waals surface area contributed by atoms with Crippen LogP contribution >= 0.6 is 11.6 Å². The molecule has 0 spiro atoms. The molecule has 118 valence electrons. The zero-order valence-electron chi connectivity index (χ0n) is 13.1. The number of anilines is 1. The summed E-state index contributed by atoms with van der Waals surface area (Å²) in [6.45, 7) is 4.26. The first-order valence-electron chi connectivity index (χ1n) is 7.54. The Hall–Kier alpha value is -2.33. The van der Waals surface area contributed by atoms with Gasteiger partial charge in [-0.1, -0.05) is 29.8 Å². The predicted molar refractivity (Wildman–Crippen MR) is 93.9 cm³/mol. The monoisotopic (exact) mass is 327 g/mol. The molecule has 0 atom stereocenters. The van der Waals surface area contributed by atoms with E-state index in [1.165, 1.54) is 6.20 Å². The number of fused-ring (bicyclic) bond motifs is 1. The van der Waals surface area contributed by atoms with Crippen LogP contribution in [0.4, 0.5) is 5.69 Å². The number of amides is 1. The van der Waals surface area contributed by atoms with Crippen molar-refractivity contribution in [3.05, 3.63) is 59.5 Å². The number of pyridine rings is 1. The molecule has 0 aliphatic rings. The summed E-state index contributed by atoms with van der Waals surface area (Å²) in [5, 5.41) is 4.39. The van der Waals surface area contributed by atoms with Crippen LogP contribution in [0.15, 0.2) is 48.9 Å². The van der Waals surface area contributed by atoms with Crippen molar-refractivity contribution in [3.8, 4) is 0 Å². The molecule has 0 unspecified atom stereocenters. The minimum Gasteiger partial charge on any atom is -0.345 e. The number of para-hydroxylation sites is 1. The van der Waals surface area contributed by atoms with Crippen LogP contribution in [-0.4, -0.2) is 15.5 Å². The lowest BCUT2D eigenvalue weighted by Crippen LogP contribution is -2.14. The molecule has 0 saturated carbocycles. The van der Waals surface area contributed by atoms with Gasteiger partial charge in [0.15, 0.2) is 0 Å². The van der Waals surface area contributed by atoms with Crippen molar-refractivity contribution in [3.63, 3.8) is 0 Å². The Balaban J connectivity index is 1.87. The van der Waals surface area contributed by atoms with E-state index in [4.69, 9.17) is 11.6 Å². The molecule has 0 aliphatic heterocycles. The molecule has 4 nitrogen and oxygen atoms in total. The molecular weight excluding hydrogens is 310 g/mol. The smallest absolute Gasteiger partial charge is 0.228 e. The fourth-order valence-electron chi connectivity index (χ4n) is 2.69. The second-order valence-corrected chi connectivity index (χ2v) is 6.16. The van der Waals surface area contributed by atoms with Gasteiger partial charge in [0.25, 0.3) is 0 Å². The Morgan fingerprint density at radius 2 is 2.09 bits per heavy atom. The largest absolute Gasteiger partial charge is 0.345 e. The molecule has 3 rings (SSSR count). The van der Waals surface area contributed by atoms with E-state index in [1.54, 1.807) is 12.3 Å². The standard InChI is InChI=1S/C18H18ClN3O/c1-12(2)22-11-13(14-5-3-4-6-17(14)22)9-18(23)21-16-7-8-20-10-15(16)19/h3-8,10-12H,9H2,1-2H3,(H,20,21,23). The fraction of sp³-hybridized carbons (Fsp3) is 0.222. The van der Waals surface area contributed by atoms with E-state index in [1.807, 2.05) is 12.1 Å². The molecule has 0 fully saturated rings. The normalized spacial score (nSPS) is 11.1. The van der Waals surface area contributed by atoms with Gasteiger partial charge in [-0.25, -0.2) is 0 Å².